The largest absolute Gasteiger partial charge is 0.497 e. The number of hydrogen-bond acceptors (Lipinski definition) is 5. The van der Waals surface area contributed by atoms with E-state index in [9.17, 15) is 18.0 Å². The predicted octanol–water partition coefficient (Wildman–Crippen LogP) is 4.38. The fraction of sp³-hybridized carbons (Fsp3) is 0.167. The van der Waals surface area contributed by atoms with Crippen molar-refractivity contribution in [3.05, 3.63) is 83.9 Å². The maximum absolute atomic E-state index is 12.8. The summed E-state index contributed by atoms with van der Waals surface area (Å²) in [4.78, 5) is 25.7. The average Bonchev–Trinajstić information content (AvgIpc) is 2.79. The van der Waals surface area contributed by atoms with Gasteiger partial charge in [-0.2, -0.15) is 0 Å². The van der Waals surface area contributed by atoms with Gasteiger partial charge >= 0.3 is 0 Å². The minimum absolute atomic E-state index is 0.155. The second-order valence-electron chi connectivity index (χ2n) is 7.30. The number of methoxy groups -OCH3 is 1. The third-order valence-corrected chi connectivity index (χ3v) is 6.98. The lowest BCUT2D eigenvalue weighted by molar-refractivity contribution is 0.102. The molecule has 2 amide bonds. The highest BCUT2D eigenvalue weighted by Gasteiger charge is 2.20. The Kier molecular flexibility index (Phi) is 6.95. The van der Waals surface area contributed by atoms with Gasteiger partial charge in [0.2, 0.25) is 0 Å². The molecule has 7 nitrogen and oxygen atoms in total. The molecule has 0 fully saturated rings. The monoisotopic (exact) mass is 452 g/mol. The Morgan fingerprint density at radius 3 is 2.19 bits per heavy atom. The number of benzene rings is 3. The van der Waals surface area contributed by atoms with Gasteiger partial charge in [0.25, 0.3) is 11.8 Å². The number of anilines is 2. The molecule has 0 aliphatic heterocycles. The number of carbonyl (C=O) groups is 2. The molecule has 166 valence electrons. The molecule has 0 saturated heterocycles. The van der Waals surface area contributed by atoms with Crippen LogP contribution in [0.15, 0.2) is 77.7 Å². The van der Waals surface area contributed by atoms with E-state index >= 15 is 0 Å². The molecule has 0 aliphatic rings. The summed E-state index contributed by atoms with van der Waals surface area (Å²) in [7, 11) is -1.89. The Balaban J connectivity index is 1.78. The number of para-hydroxylation sites is 1. The van der Waals surface area contributed by atoms with Crippen molar-refractivity contribution in [3.8, 4) is 5.75 Å². The van der Waals surface area contributed by atoms with Crippen LogP contribution in [0.5, 0.6) is 5.75 Å². The molecule has 32 heavy (non-hydrogen) atoms. The van der Waals surface area contributed by atoms with Gasteiger partial charge in [0, 0.05) is 17.3 Å². The fourth-order valence-corrected chi connectivity index (χ4v) is 4.01. The highest BCUT2D eigenvalue weighted by Crippen LogP contribution is 2.22. The van der Waals surface area contributed by atoms with Crippen molar-refractivity contribution in [2.45, 2.75) is 24.0 Å². The third kappa shape index (κ3) is 5.15. The smallest absolute Gasteiger partial charge is 0.257 e. The molecule has 0 spiro atoms. The molecule has 3 aromatic carbocycles. The summed E-state index contributed by atoms with van der Waals surface area (Å²) in [6, 6.07) is 19.3. The topological polar surface area (TPSA) is 102 Å². The second kappa shape index (κ2) is 9.65. The van der Waals surface area contributed by atoms with Gasteiger partial charge in [-0.25, -0.2) is 8.42 Å². The highest BCUT2D eigenvalue weighted by atomic mass is 32.2. The lowest BCUT2D eigenvalue weighted by Crippen LogP contribution is -2.18. The lowest BCUT2D eigenvalue weighted by atomic mass is 10.1. The second-order valence-corrected chi connectivity index (χ2v) is 9.81. The number of rotatable bonds is 7. The highest BCUT2D eigenvalue weighted by molar-refractivity contribution is 7.92. The van der Waals surface area contributed by atoms with Gasteiger partial charge in [-0.3, -0.25) is 9.59 Å². The van der Waals surface area contributed by atoms with Gasteiger partial charge in [0.15, 0.2) is 9.84 Å². The summed E-state index contributed by atoms with van der Waals surface area (Å²) >= 11 is 0. The van der Waals surface area contributed by atoms with Gasteiger partial charge in [-0.05, 0) is 62.4 Å². The van der Waals surface area contributed by atoms with E-state index in [1.165, 1.54) is 31.4 Å². The van der Waals surface area contributed by atoms with Gasteiger partial charge in [-0.15, -0.1) is 0 Å². The lowest BCUT2D eigenvalue weighted by Gasteiger charge is -2.12. The predicted molar refractivity (Wildman–Crippen MR) is 124 cm³/mol. The van der Waals surface area contributed by atoms with Crippen molar-refractivity contribution in [2.24, 2.45) is 0 Å². The van der Waals surface area contributed by atoms with Crippen LogP contribution in [0.1, 0.15) is 34.6 Å². The summed E-state index contributed by atoms with van der Waals surface area (Å²) in [5, 5.41) is 4.95. The van der Waals surface area contributed by atoms with E-state index < -0.39 is 26.9 Å². The van der Waals surface area contributed by atoms with Crippen molar-refractivity contribution in [1.29, 1.82) is 0 Å². The Morgan fingerprint density at radius 1 is 0.844 bits per heavy atom. The maximum Gasteiger partial charge on any atom is 0.257 e. The van der Waals surface area contributed by atoms with Crippen LogP contribution in [-0.4, -0.2) is 32.6 Å². The number of amides is 2. The van der Waals surface area contributed by atoms with Gasteiger partial charge in [-0.1, -0.05) is 18.2 Å². The van der Waals surface area contributed by atoms with Crippen molar-refractivity contribution in [2.75, 3.05) is 17.7 Å². The molecule has 0 aliphatic carbocycles. The van der Waals surface area contributed by atoms with Crippen LogP contribution in [0.25, 0.3) is 0 Å². The first-order valence-corrected chi connectivity index (χ1v) is 11.5. The van der Waals surface area contributed by atoms with E-state index in [2.05, 4.69) is 10.6 Å². The van der Waals surface area contributed by atoms with E-state index in [-0.39, 0.29) is 16.0 Å². The Labute approximate surface area is 187 Å². The molecule has 0 bridgehead atoms. The Bertz CT molecular complexity index is 1240. The summed E-state index contributed by atoms with van der Waals surface area (Å²) in [6.45, 7) is 3.20. The quantitative estimate of drug-likeness (QED) is 0.554. The van der Waals surface area contributed by atoms with Gasteiger partial charge < -0.3 is 15.4 Å². The summed E-state index contributed by atoms with van der Waals surface area (Å²) in [5.74, 6) is -0.250. The molecule has 0 saturated carbocycles. The molecule has 0 unspecified atom stereocenters. The zero-order valence-corrected chi connectivity index (χ0v) is 18.8. The van der Waals surface area contributed by atoms with Gasteiger partial charge in [0.05, 0.1) is 28.5 Å². The van der Waals surface area contributed by atoms with Crippen molar-refractivity contribution in [1.82, 2.24) is 0 Å². The Hall–Kier alpha value is -3.65. The van der Waals surface area contributed by atoms with Crippen molar-refractivity contribution < 1.29 is 22.7 Å². The molecular weight excluding hydrogens is 428 g/mol. The number of carbonyl (C=O) groups excluding carboxylic acids is 2. The molecule has 2 N–H and O–H groups in total. The third-order valence-electron chi connectivity index (χ3n) is 4.81. The normalized spacial score (nSPS) is 11.1. The first-order chi connectivity index (χ1) is 15.2. The maximum atomic E-state index is 12.8. The van der Waals surface area contributed by atoms with E-state index in [0.717, 1.165) is 0 Å². The number of nitrogens with one attached hydrogen (secondary N) is 2. The van der Waals surface area contributed by atoms with Crippen LogP contribution in [0.2, 0.25) is 0 Å². The SMILES string of the molecule is COc1cccc(NC(=O)c2ccccc2NC(=O)c2ccc(S(=O)(=O)C(C)C)cc2)c1. The molecule has 3 rings (SSSR count). The molecule has 8 heteroatoms. The van der Waals surface area contributed by atoms with Crippen LogP contribution in [-0.2, 0) is 9.84 Å². The first-order valence-electron chi connectivity index (χ1n) is 9.92. The minimum Gasteiger partial charge on any atom is -0.497 e. The molecule has 0 aromatic heterocycles. The van der Waals surface area contributed by atoms with Crippen LogP contribution in [0, 0.1) is 0 Å². The fourth-order valence-electron chi connectivity index (χ4n) is 2.95. The summed E-state index contributed by atoms with van der Waals surface area (Å²) < 4.78 is 29.7. The zero-order chi connectivity index (χ0) is 23.3. The summed E-state index contributed by atoms with van der Waals surface area (Å²) in [5.41, 5.74) is 1.44. The molecule has 3 aromatic rings. The molecule has 0 heterocycles. The average molecular weight is 453 g/mol. The zero-order valence-electron chi connectivity index (χ0n) is 18.0. The van der Waals surface area contributed by atoms with Crippen molar-refractivity contribution >= 4 is 33.0 Å². The van der Waals surface area contributed by atoms with E-state index in [4.69, 9.17) is 4.74 Å². The van der Waals surface area contributed by atoms with Crippen LogP contribution >= 0.6 is 0 Å². The number of sulfone groups is 1. The number of hydrogen-bond donors (Lipinski definition) is 2. The first kappa shape index (κ1) is 23.0. The standard InChI is InChI=1S/C24H24N2O5S/c1-16(2)32(29,30)20-13-11-17(12-14-20)23(27)26-22-10-5-4-9-21(22)24(28)25-18-7-6-8-19(15-18)31-3/h4-16H,1-3H3,(H,25,28)(H,26,27). The summed E-state index contributed by atoms with van der Waals surface area (Å²) in [6.07, 6.45) is 0. The van der Waals surface area contributed by atoms with E-state index in [1.54, 1.807) is 62.4 Å². The minimum atomic E-state index is -3.42. The van der Waals surface area contributed by atoms with Crippen LogP contribution < -0.4 is 15.4 Å². The Morgan fingerprint density at radius 2 is 1.53 bits per heavy atom. The molecule has 0 atom stereocenters. The van der Waals surface area contributed by atoms with E-state index in [1.807, 2.05) is 0 Å². The van der Waals surface area contributed by atoms with Crippen LogP contribution in [0.3, 0.4) is 0 Å². The van der Waals surface area contributed by atoms with E-state index in [0.29, 0.717) is 17.1 Å². The number of ether oxygens (including phenoxy) is 1. The van der Waals surface area contributed by atoms with Crippen LogP contribution in [0.4, 0.5) is 11.4 Å². The van der Waals surface area contributed by atoms with Crippen molar-refractivity contribution in [3.63, 3.8) is 0 Å². The van der Waals surface area contributed by atoms with Gasteiger partial charge in [0.1, 0.15) is 5.75 Å². The molecule has 0 radical (unpaired) electrons. The molecular formula is C24H24N2O5S.